The molecule has 0 radical (unpaired) electrons. The second-order valence-corrected chi connectivity index (χ2v) is 5.89. The summed E-state index contributed by atoms with van der Waals surface area (Å²) in [5, 5.41) is 6.41. The predicted molar refractivity (Wildman–Crippen MR) is 107 cm³/mol. The van der Waals surface area contributed by atoms with Gasteiger partial charge in [-0.3, -0.25) is 4.98 Å². The van der Waals surface area contributed by atoms with Crippen LogP contribution < -0.4 is 15.4 Å². The van der Waals surface area contributed by atoms with Crippen LogP contribution in [0.15, 0.2) is 60.8 Å². The van der Waals surface area contributed by atoms with Crippen LogP contribution >= 0.6 is 0 Å². The average molecular weight is 379 g/mol. The van der Waals surface area contributed by atoms with E-state index in [2.05, 4.69) is 15.6 Å². The molecular weight excluding hydrogens is 358 g/mol. The number of fused-ring (bicyclic) bond motifs is 1. The number of pyridine rings is 1. The summed E-state index contributed by atoms with van der Waals surface area (Å²) in [5.41, 5.74) is 1.92. The fourth-order valence-electron chi connectivity index (χ4n) is 2.56. The Kier molecular flexibility index (Phi) is 6.41. The van der Waals surface area contributed by atoms with Crippen LogP contribution in [0.4, 0.5) is 10.5 Å². The number of aromatic nitrogens is 1. The lowest BCUT2D eigenvalue weighted by Crippen LogP contribution is -2.32. The van der Waals surface area contributed by atoms with Crippen molar-refractivity contribution in [1.82, 2.24) is 10.3 Å². The van der Waals surface area contributed by atoms with Gasteiger partial charge in [0.1, 0.15) is 12.4 Å². The maximum absolute atomic E-state index is 11.9. The maximum atomic E-state index is 11.9. The number of carbonyl (C=O) groups excluding carboxylic acids is 2. The van der Waals surface area contributed by atoms with Crippen LogP contribution in [-0.4, -0.2) is 36.7 Å². The van der Waals surface area contributed by atoms with Gasteiger partial charge in [-0.15, -0.1) is 0 Å². The Morgan fingerprint density at radius 3 is 2.68 bits per heavy atom. The third-order valence-corrected chi connectivity index (χ3v) is 3.88. The molecule has 1 aromatic heterocycles. The SMILES string of the molecule is CCOC(=O)c1ccc(NC(=O)NCCOc2ccc3ncccc3c2)cc1. The van der Waals surface area contributed by atoms with Crippen molar-refractivity contribution in [3.05, 3.63) is 66.4 Å². The third-order valence-electron chi connectivity index (χ3n) is 3.88. The normalized spacial score (nSPS) is 10.3. The lowest BCUT2D eigenvalue weighted by atomic mass is 10.2. The molecule has 0 aliphatic carbocycles. The number of amides is 2. The Morgan fingerprint density at radius 2 is 1.89 bits per heavy atom. The second kappa shape index (κ2) is 9.36. The van der Waals surface area contributed by atoms with Gasteiger partial charge in [-0.05, 0) is 55.5 Å². The molecule has 0 fully saturated rings. The molecule has 7 nitrogen and oxygen atoms in total. The minimum absolute atomic E-state index is 0.319. The van der Waals surface area contributed by atoms with Gasteiger partial charge < -0.3 is 20.1 Å². The van der Waals surface area contributed by atoms with Gasteiger partial charge in [0, 0.05) is 17.3 Å². The van der Waals surface area contributed by atoms with Gasteiger partial charge in [-0.1, -0.05) is 6.07 Å². The quantitative estimate of drug-likeness (QED) is 0.483. The van der Waals surface area contributed by atoms with E-state index in [1.54, 1.807) is 37.4 Å². The average Bonchev–Trinajstić information content (AvgIpc) is 2.72. The van der Waals surface area contributed by atoms with E-state index in [9.17, 15) is 9.59 Å². The number of urea groups is 1. The molecule has 1 heterocycles. The molecule has 0 atom stereocenters. The van der Waals surface area contributed by atoms with Gasteiger partial charge in [0.25, 0.3) is 0 Å². The van der Waals surface area contributed by atoms with Crippen molar-refractivity contribution in [2.75, 3.05) is 25.1 Å². The Morgan fingerprint density at radius 1 is 1.07 bits per heavy atom. The molecule has 0 saturated carbocycles. The van der Waals surface area contributed by atoms with E-state index >= 15 is 0 Å². The van der Waals surface area contributed by atoms with Crippen molar-refractivity contribution in [1.29, 1.82) is 0 Å². The molecule has 3 rings (SSSR count). The van der Waals surface area contributed by atoms with Crippen molar-refractivity contribution in [3.63, 3.8) is 0 Å². The first-order valence-corrected chi connectivity index (χ1v) is 8.95. The number of anilines is 1. The number of hydrogen-bond donors (Lipinski definition) is 2. The van der Waals surface area contributed by atoms with Crippen LogP contribution in [0.3, 0.4) is 0 Å². The van der Waals surface area contributed by atoms with Gasteiger partial charge in [0.15, 0.2) is 0 Å². The maximum Gasteiger partial charge on any atom is 0.338 e. The first-order valence-electron chi connectivity index (χ1n) is 8.95. The zero-order valence-corrected chi connectivity index (χ0v) is 15.5. The molecule has 0 saturated heterocycles. The second-order valence-electron chi connectivity index (χ2n) is 5.89. The molecule has 0 aliphatic rings. The van der Waals surface area contributed by atoms with Crippen molar-refractivity contribution >= 4 is 28.6 Å². The number of ether oxygens (including phenoxy) is 2. The van der Waals surface area contributed by atoms with Crippen LogP contribution in [0, 0.1) is 0 Å². The smallest absolute Gasteiger partial charge is 0.338 e. The number of esters is 1. The zero-order chi connectivity index (χ0) is 19.8. The number of carbonyl (C=O) groups is 2. The van der Waals surface area contributed by atoms with E-state index in [1.165, 1.54) is 0 Å². The first-order chi connectivity index (χ1) is 13.7. The lowest BCUT2D eigenvalue weighted by molar-refractivity contribution is 0.0526. The minimum atomic E-state index is -0.389. The Bertz CT molecular complexity index is 957. The number of nitrogens with zero attached hydrogens (tertiary/aromatic N) is 1. The third kappa shape index (κ3) is 5.20. The lowest BCUT2D eigenvalue weighted by Gasteiger charge is -2.10. The van der Waals surface area contributed by atoms with Gasteiger partial charge >= 0.3 is 12.0 Å². The molecule has 0 spiro atoms. The summed E-state index contributed by atoms with van der Waals surface area (Å²) in [6.45, 7) is 2.75. The largest absolute Gasteiger partial charge is 0.492 e. The molecule has 7 heteroatoms. The molecule has 2 amide bonds. The van der Waals surface area contributed by atoms with Gasteiger partial charge in [-0.2, -0.15) is 0 Å². The summed E-state index contributed by atoms with van der Waals surface area (Å²) in [6, 6.07) is 15.6. The van der Waals surface area contributed by atoms with E-state index in [1.807, 2.05) is 30.3 Å². The van der Waals surface area contributed by atoms with Crippen molar-refractivity contribution in [2.24, 2.45) is 0 Å². The molecule has 144 valence electrons. The molecule has 0 aliphatic heterocycles. The zero-order valence-electron chi connectivity index (χ0n) is 15.5. The molecule has 0 bridgehead atoms. The number of nitrogens with one attached hydrogen (secondary N) is 2. The van der Waals surface area contributed by atoms with E-state index in [-0.39, 0.29) is 12.0 Å². The standard InChI is InChI=1S/C21H21N3O4/c1-2-27-20(25)15-5-7-17(8-6-15)24-21(26)23-12-13-28-18-9-10-19-16(14-18)4-3-11-22-19/h3-11,14H,2,12-13H2,1H3,(H2,23,24,26). The summed E-state index contributed by atoms with van der Waals surface area (Å²) in [6.07, 6.45) is 1.75. The highest BCUT2D eigenvalue weighted by Crippen LogP contribution is 2.18. The summed E-state index contributed by atoms with van der Waals surface area (Å²) in [5.74, 6) is 0.331. The van der Waals surface area contributed by atoms with E-state index < -0.39 is 0 Å². The fourth-order valence-corrected chi connectivity index (χ4v) is 2.56. The van der Waals surface area contributed by atoms with E-state index in [0.717, 1.165) is 16.7 Å². The van der Waals surface area contributed by atoms with Gasteiger partial charge in [0.2, 0.25) is 0 Å². The van der Waals surface area contributed by atoms with Gasteiger partial charge in [0.05, 0.1) is 24.2 Å². The number of benzene rings is 2. The van der Waals surface area contributed by atoms with Crippen molar-refractivity contribution < 1.29 is 19.1 Å². The molecule has 0 unspecified atom stereocenters. The van der Waals surface area contributed by atoms with Gasteiger partial charge in [-0.25, -0.2) is 9.59 Å². The van der Waals surface area contributed by atoms with Crippen LogP contribution in [-0.2, 0) is 4.74 Å². The summed E-state index contributed by atoms with van der Waals surface area (Å²) in [4.78, 5) is 27.8. The van der Waals surface area contributed by atoms with Crippen LogP contribution in [0.5, 0.6) is 5.75 Å². The monoisotopic (exact) mass is 379 g/mol. The molecule has 2 aromatic carbocycles. The summed E-state index contributed by atoms with van der Waals surface area (Å²) >= 11 is 0. The molecule has 3 aromatic rings. The van der Waals surface area contributed by atoms with E-state index in [4.69, 9.17) is 9.47 Å². The fraction of sp³-hybridized carbons (Fsp3) is 0.190. The minimum Gasteiger partial charge on any atom is -0.492 e. The molecule has 2 N–H and O–H groups in total. The molecule has 28 heavy (non-hydrogen) atoms. The topological polar surface area (TPSA) is 89.5 Å². The number of hydrogen-bond acceptors (Lipinski definition) is 5. The Labute approximate surface area is 162 Å². The summed E-state index contributed by atoms with van der Waals surface area (Å²) < 4.78 is 10.6. The first kappa shape index (κ1) is 19.2. The van der Waals surface area contributed by atoms with Crippen molar-refractivity contribution in [3.8, 4) is 5.75 Å². The highest BCUT2D eigenvalue weighted by molar-refractivity contribution is 5.92. The van der Waals surface area contributed by atoms with Crippen LogP contribution in [0.1, 0.15) is 17.3 Å². The highest BCUT2D eigenvalue weighted by atomic mass is 16.5. The predicted octanol–water partition coefficient (Wildman–Crippen LogP) is 3.61. The Balaban J connectivity index is 1.42. The number of rotatable bonds is 7. The Hall–Kier alpha value is -3.61. The summed E-state index contributed by atoms with van der Waals surface area (Å²) in [7, 11) is 0. The van der Waals surface area contributed by atoms with Crippen LogP contribution in [0.25, 0.3) is 10.9 Å². The molecular formula is C21H21N3O4. The van der Waals surface area contributed by atoms with Crippen molar-refractivity contribution in [2.45, 2.75) is 6.92 Å². The van der Waals surface area contributed by atoms with Crippen LogP contribution in [0.2, 0.25) is 0 Å². The highest BCUT2D eigenvalue weighted by Gasteiger charge is 2.07. The van der Waals surface area contributed by atoms with E-state index in [0.29, 0.717) is 31.0 Å².